The number of imide groups is 1. The van der Waals surface area contributed by atoms with Gasteiger partial charge in [0.2, 0.25) is 5.91 Å². The van der Waals surface area contributed by atoms with E-state index in [4.69, 9.17) is 0 Å². The molecule has 1 fully saturated rings. The first-order valence-electron chi connectivity index (χ1n) is 8.15. The van der Waals surface area contributed by atoms with Crippen LogP contribution in [0.15, 0.2) is 36.4 Å². The molecule has 0 unspecified atom stereocenters. The number of benzene rings is 2. The molecule has 0 aliphatic carbocycles. The summed E-state index contributed by atoms with van der Waals surface area (Å²) in [6.45, 7) is 7.88. The summed E-state index contributed by atoms with van der Waals surface area (Å²) >= 11 is 0. The van der Waals surface area contributed by atoms with E-state index in [-0.39, 0.29) is 18.2 Å². The molecule has 4 heteroatoms. The van der Waals surface area contributed by atoms with E-state index in [1.165, 1.54) is 4.90 Å². The molecule has 2 aromatic rings. The van der Waals surface area contributed by atoms with Gasteiger partial charge in [0, 0.05) is 5.69 Å². The molecule has 0 bridgehead atoms. The molecule has 3 rings (SSSR count). The SMILES string of the molecule is Cc1ccc(C)c(N2C(=O)C[C@H](Nc3c(C)cccc3C)C2=O)c1. The highest BCUT2D eigenvalue weighted by atomic mass is 16.2. The number of hydrogen-bond donors (Lipinski definition) is 1. The maximum atomic E-state index is 12.8. The highest BCUT2D eigenvalue weighted by Gasteiger charge is 2.40. The number of carbonyl (C=O) groups is 2. The maximum absolute atomic E-state index is 12.8. The molecule has 0 saturated carbocycles. The second kappa shape index (κ2) is 6.11. The minimum Gasteiger partial charge on any atom is -0.373 e. The topological polar surface area (TPSA) is 49.4 Å². The van der Waals surface area contributed by atoms with Crippen molar-refractivity contribution < 1.29 is 9.59 Å². The minimum absolute atomic E-state index is 0.155. The van der Waals surface area contributed by atoms with E-state index in [1.54, 1.807) is 0 Å². The Bertz CT molecular complexity index is 806. The van der Waals surface area contributed by atoms with E-state index < -0.39 is 6.04 Å². The fourth-order valence-corrected chi connectivity index (χ4v) is 3.17. The van der Waals surface area contributed by atoms with E-state index in [1.807, 2.05) is 64.1 Å². The fourth-order valence-electron chi connectivity index (χ4n) is 3.17. The smallest absolute Gasteiger partial charge is 0.256 e. The molecule has 4 nitrogen and oxygen atoms in total. The van der Waals surface area contributed by atoms with Crippen molar-refractivity contribution in [2.75, 3.05) is 10.2 Å². The van der Waals surface area contributed by atoms with Crippen molar-refractivity contribution in [1.82, 2.24) is 0 Å². The Morgan fingerprint density at radius 1 is 0.958 bits per heavy atom. The van der Waals surface area contributed by atoms with Crippen molar-refractivity contribution in [2.45, 2.75) is 40.2 Å². The summed E-state index contributed by atoms with van der Waals surface area (Å²) in [6, 6.07) is 11.3. The van der Waals surface area contributed by atoms with Crippen LogP contribution in [-0.2, 0) is 9.59 Å². The molecule has 0 spiro atoms. The van der Waals surface area contributed by atoms with Crippen molar-refractivity contribution in [3.05, 3.63) is 58.7 Å². The van der Waals surface area contributed by atoms with Crippen molar-refractivity contribution in [2.24, 2.45) is 0 Å². The monoisotopic (exact) mass is 322 g/mol. The molecule has 1 heterocycles. The molecule has 2 amide bonds. The molecular formula is C20H22N2O2. The van der Waals surface area contributed by atoms with Crippen LogP contribution in [0.25, 0.3) is 0 Å². The third-order valence-corrected chi connectivity index (χ3v) is 4.55. The molecule has 1 atom stereocenters. The van der Waals surface area contributed by atoms with Gasteiger partial charge in [0.1, 0.15) is 6.04 Å². The van der Waals surface area contributed by atoms with Gasteiger partial charge in [-0.3, -0.25) is 9.59 Å². The van der Waals surface area contributed by atoms with Crippen molar-refractivity contribution in [1.29, 1.82) is 0 Å². The number of rotatable bonds is 3. The first-order valence-corrected chi connectivity index (χ1v) is 8.15. The van der Waals surface area contributed by atoms with Gasteiger partial charge in [-0.05, 0) is 56.0 Å². The van der Waals surface area contributed by atoms with Crippen LogP contribution in [-0.4, -0.2) is 17.9 Å². The zero-order valence-corrected chi connectivity index (χ0v) is 14.5. The van der Waals surface area contributed by atoms with Crippen LogP contribution >= 0.6 is 0 Å². The van der Waals surface area contributed by atoms with Crippen molar-refractivity contribution >= 4 is 23.2 Å². The van der Waals surface area contributed by atoms with Gasteiger partial charge >= 0.3 is 0 Å². The van der Waals surface area contributed by atoms with Crippen LogP contribution in [0.2, 0.25) is 0 Å². The van der Waals surface area contributed by atoms with Crippen LogP contribution in [0.3, 0.4) is 0 Å². The number of carbonyl (C=O) groups excluding carboxylic acids is 2. The zero-order chi connectivity index (χ0) is 17.4. The van der Waals surface area contributed by atoms with Crippen LogP contribution in [0.1, 0.15) is 28.7 Å². The second-order valence-corrected chi connectivity index (χ2v) is 6.53. The molecule has 0 aromatic heterocycles. The highest BCUT2D eigenvalue weighted by molar-refractivity contribution is 6.23. The van der Waals surface area contributed by atoms with Crippen LogP contribution in [0, 0.1) is 27.7 Å². The van der Waals surface area contributed by atoms with Gasteiger partial charge in [-0.25, -0.2) is 4.90 Å². The standard InChI is InChI=1S/C20H22N2O2/c1-12-8-9-13(2)17(10-12)22-18(23)11-16(20(22)24)21-19-14(3)6-5-7-15(19)4/h5-10,16,21H,11H2,1-4H3/t16-/m0/s1. The Balaban J connectivity index is 1.91. The molecule has 1 saturated heterocycles. The van der Waals surface area contributed by atoms with Gasteiger partial charge in [-0.15, -0.1) is 0 Å². The summed E-state index contributed by atoms with van der Waals surface area (Å²) in [5.74, 6) is -0.339. The van der Waals surface area contributed by atoms with E-state index in [2.05, 4.69) is 5.32 Å². The molecule has 1 aliphatic heterocycles. The largest absolute Gasteiger partial charge is 0.373 e. The number of nitrogens with one attached hydrogen (secondary N) is 1. The van der Waals surface area contributed by atoms with E-state index in [0.717, 1.165) is 27.9 Å². The summed E-state index contributed by atoms with van der Waals surface area (Å²) in [5, 5.41) is 3.28. The summed E-state index contributed by atoms with van der Waals surface area (Å²) in [7, 11) is 0. The van der Waals surface area contributed by atoms with Gasteiger partial charge in [-0.1, -0.05) is 30.3 Å². The molecule has 0 radical (unpaired) electrons. The lowest BCUT2D eigenvalue weighted by atomic mass is 10.1. The van der Waals surface area contributed by atoms with Crippen molar-refractivity contribution in [3.63, 3.8) is 0 Å². The lowest BCUT2D eigenvalue weighted by Gasteiger charge is -2.20. The van der Waals surface area contributed by atoms with E-state index in [0.29, 0.717) is 5.69 Å². The van der Waals surface area contributed by atoms with E-state index >= 15 is 0 Å². The third-order valence-electron chi connectivity index (χ3n) is 4.55. The number of hydrogen-bond acceptors (Lipinski definition) is 3. The number of amides is 2. The molecule has 1 N–H and O–H groups in total. The lowest BCUT2D eigenvalue weighted by molar-refractivity contribution is -0.121. The van der Waals surface area contributed by atoms with Crippen LogP contribution in [0.4, 0.5) is 11.4 Å². The van der Waals surface area contributed by atoms with Crippen molar-refractivity contribution in [3.8, 4) is 0 Å². The van der Waals surface area contributed by atoms with Crippen LogP contribution in [0.5, 0.6) is 0 Å². The highest BCUT2D eigenvalue weighted by Crippen LogP contribution is 2.30. The molecule has 24 heavy (non-hydrogen) atoms. The lowest BCUT2D eigenvalue weighted by Crippen LogP contribution is -2.35. The fraction of sp³-hybridized carbons (Fsp3) is 0.300. The first kappa shape index (κ1) is 16.2. The number of anilines is 2. The van der Waals surface area contributed by atoms with Gasteiger partial charge in [-0.2, -0.15) is 0 Å². The number of para-hydroxylation sites is 1. The number of aryl methyl sites for hydroxylation is 4. The predicted octanol–water partition coefficient (Wildman–Crippen LogP) is 3.66. The number of nitrogens with zero attached hydrogens (tertiary/aromatic N) is 1. The molecular weight excluding hydrogens is 300 g/mol. The summed E-state index contributed by atoms with van der Waals surface area (Å²) in [5.41, 5.74) is 5.72. The quantitative estimate of drug-likeness (QED) is 0.877. The first-order chi connectivity index (χ1) is 11.4. The summed E-state index contributed by atoms with van der Waals surface area (Å²) in [4.78, 5) is 26.7. The van der Waals surface area contributed by atoms with Gasteiger partial charge in [0.25, 0.3) is 5.91 Å². The normalized spacial score (nSPS) is 17.5. The second-order valence-electron chi connectivity index (χ2n) is 6.53. The average Bonchev–Trinajstić information content (AvgIpc) is 2.80. The zero-order valence-electron chi connectivity index (χ0n) is 14.5. The van der Waals surface area contributed by atoms with E-state index in [9.17, 15) is 9.59 Å². The molecule has 2 aromatic carbocycles. The van der Waals surface area contributed by atoms with Gasteiger partial charge in [0.15, 0.2) is 0 Å². The Morgan fingerprint density at radius 3 is 2.29 bits per heavy atom. The third kappa shape index (κ3) is 2.80. The Hall–Kier alpha value is -2.62. The van der Waals surface area contributed by atoms with Gasteiger partial charge in [0.05, 0.1) is 12.1 Å². The van der Waals surface area contributed by atoms with Gasteiger partial charge < -0.3 is 5.32 Å². The summed E-state index contributed by atoms with van der Waals surface area (Å²) in [6.07, 6.45) is 0.181. The Labute approximate surface area is 142 Å². The average molecular weight is 322 g/mol. The summed E-state index contributed by atoms with van der Waals surface area (Å²) < 4.78 is 0. The maximum Gasteiger partial charge on any atom is 0.256 e. The Morgan fingerprint density at radius 2 is 1.62 bits per heavy atom. The van der Waals surface area contributed by atoms with Crippen LogP contribution < -0.4 is 10.2 Å². The predicted molar refractivity (Wildman–Crippen MR) is 96.4 cm³/mol. The Kier molecular flexibility index (Phi) is 4.14. The minimum atomic E-state index is -0.516. The molecule has 1 aliphatic rings. The molecule has 124 valence electrons.